The lowest BCUT2D eigenvalue weighted by atomic mass is 9.68. The van der Waals surface area contributed by atoms with Crippen molar-refractivity contribution in [2.75, 3.05) is 26.3 Å². The van der Waals surface area contributed by atoms with Crippen molar-refractivity contribution in [2.45, 2.75) is 39.2 Å². The average molecular weight is 273 g/mol. The Morgan fingerprint density at radius 2 is 1.75 bits per heavy atom. The van der Waals surface area contributed by atoms with Crippen molar-refractivity contribution >= 4 is 0 Å². The second-order valence-electron chi connectivity index (χ2n) is 6.80. The van der Waals surface area contributed by atoms with E-state index in [1.807, 2.05) is 0 Å². The molecule has 0 aromatic heterocycles. The summed E-state index contributed by atoms with van der Waals surface area (Å²) < 4.78 is 5.55. The summed E-state index contributed by atoms with van der Waals surface area (Å²) in [5, 5.41) is 0. The van der Waals surface area contributed by atoms with Crippen LogP contribution in [-0.4, -0.2) is 31.2 Å². The number of likely N-dealkylation sites (tertiary alicyclic amines) is 1. The van der Waals surface area contributed by atoms with Gasteiger partial charge in [-0.05, 0) is 55.7 Å². The van der Waals surface area contributed by atoms with Crippen LogP contribution in [0.25, 0.3) is 0 Å². The molecule has 2 nitrogen and oxygen atoms in total. The van der Waals surface area contributed by atoms with Gasteiger partial charge < -0.3 is 4.74 Å². The second kappa shape index (κ2) is 6.28. The Balaban J connectivity index is 1.52. The normalized spacial score (nSPS) is 24.6. The largest absolute Gasteiger partial charge is 0.381 e. The number of piperidine rings is 1. The zero-order chi connectivity index (χ0) is 13.8. The molecule has 2 aliphatic rings. The quantitative estimate of drug-likeness (QED) is 0.832. The van der Waals surface area contributed by atoms with E-state index in [0.29, 0.717) is 5.41 Å². The molecule has 2 saturated heterocycles. The summed E-state index contributed by atoms with van der Waals surface area (Å²) in [7, 11) is 0. The highest BCUT2D eigenvalue weighted by Gasteiger charge is 2.37. The van der Waals surface area contributed by atoms with Crippen LogP contribution in [0.3, 0.4) is 0 Å². The van der Waals surface area contributed by atoms with Gasteiger partial charge in [0.25, 0.3) is 0 Å². The number of hydrogen-bond acceptors (Lipinski definition) is 2. The smallest absolute Gasteiger partial charge is 0.0471 e. The monoisotopic (exact) mass is 273 g/mol. The zero-order valence-corrected chi connectivity index (χ0v) is 12.7. The minimum Gasteiger partial charge on any atom is -0.381 e. The molecule has 0 atom stereocenters. The molecule has 0 amide bonds. The van der Waals surface area contributed by atoms with E-state index in [4.69, 9.17) is 4.74 Å². The molecule has 2 heterocycles. The van der Waals surface area contributed by atoms with Crippen molar-refractivity contribution in [1.29, 1.82) is 0 Å². The molecule has 2 aliphatic heterocycles. The first-order valence-corrected chi connectivity index (χ1v) is 8.10. The third-order valence-electron chi connectivity index (χ3n) is 5.46. The highest BCUT2D eigenvalue weighted by atomic mass is 16.5. The number of rotatable bonds is 3. The van der Waals surface area contributed by atoms with Crippen LogP contribution in [0, 0.1) is 11.3 Å². The number of nitrogens with zero attached hydrogens (tertiary/aromatic N) is 1. The third kappa shape index (κ3) is 3.24. The fourth-order valence-corrected chi connectivity index (χ4v) is 3.88. The van der Waals surface area contributed by atoms with Crippen LogP contribution in [-0.2, 0) is 11.3 Å². The molecular weight excluding hydrogens is 246 g/mol. The second-order valence-corrected chi connectivity index (χ2v) is 6.80. The van der Waals surface area contributed by atoms with Crippen molar-refractivity contribution in [2.24, 2.45) is 11.3 Å². The van der Waals surface area contributed by atoms with Crippen LogP contribution >= 0.6 is 0 Å². The SMILES string of the molecule is CC1(C2CCN(Cc3ccccc3)CC2)CCOCC1. The average Bonchev–Trinajstić information content (AvgIpc) is 2.50. The maximum Gasteiger partial charge on any atom is 0.0471 e. The van der Waals surface area contributed by atoms with Crippen LogP contribution in [0.5, 0.6) is 0 Å². The van der Waals surface area contributed by atoms with Gasteiger partial charge in [-0.1, -0.05) is 37.3 Å². The summed E-state index contributed by atoms with van der Waals surface area (Å²) in [5.41, 5.74) is 1.99. The Labute approximate surface area is 123 Å². The number of benzene rings is 1. The van der Waals surface area contributed by atoms with E-state index in [9.17, 15) is 0 Å². The molecule has 0 aliphatic carbocycles. The molecule has 2 fully saturated rings. The Bertz CT molecular complexity index is 403. The molecular formula is C18H27NO. The van der Waals surface area contributed by atoms with Gasteiger partial charge in [0.2, 0.25) is 0 Å². The topological polar surface area (TPSA) is 12.5 Å². The van der Waals surface area contributed by atoms with E-state index in [2.05, 4.69) is 42.2 Å². The van der Waals surface area contributed by atoms with Crippen molar-refractivity contribution in [3.8, 4) is 0 Å². The molecule has 2 heteroatoms. The first-order chi connectivity index (χ1) is 9.76. The molecule has 20 heavy (non-hydrogen) atoms. The molecule has 0 radical (unpaired) electrons. The van der Waals surface area contributed by atoms with Gasteiger partial charge in [-0.15, -0.1) is 0 Å². The Morgan fingerprint density at radius 3 is 2.40 bits per heavy atom. The van der Waals surface area contributed by atoms with E-state index in [0.717, 1.165) is 25.7 Å². The Morgan fingerprint density at radius 1 is 1.10 bits per heavy atom. The zero-order valence-electron chi connectivity index (χ0n) is 12.7. The Kier molecular flexibility index (Phi) is 4.42. The van der Waals surface area contributed by atoms with Gasteiger partial charge in [0.05, 0.1) is 0 Å². The van der Waals surface area contributed by atoms with Gasteiger partial charge in [0.1, 0.15) is 0 Å². The fraction of sp³-hybridized carbons (Fsp3) is 0.667. The molecule has 0 N–H and O–H groups in total. The number of ether oxygens (including phenoxy) is 1. The van der Waals surface area contributed by atoms with Crippen molar-refractivity contribution in [3.63, 3.8) is 0 Å². The van der Waals surface area contributed by atoms with Crippen LogP contribution < -0.4 is 0 Å². The molecule has 1 aromatic rings. The van der Waals surface area contributed by atoms with Crippen LogP contribution in [0.1, 0.15) is 38.2 Å². The molecule has 1 aromatic carbocycles. The summed E-state index contributed by atoms with van der Waals surface area (Å²) in [6, 6.07) is 10.9. The first kappa shape index (κ1) is 14.1. The van der Waals surface area contributed by atoms with Crippen molar-refractivity contribution in [3.05, 3.63) is 35.9 Å². The molecule has 0 spiro atoms. The maximum absolute atomic E-state index is 5.55. The van der Waals surface area contributed by atoms with Gasteiger partial charge in [0, 0.05) is 19.8 Å². The van der Waals surface area contributed by atoms with E-state index in [-0.39, 0.29) is 0 Å². The minimum atomic E-state index is 0.539. The number of hydrogen-bond donors (Lipinski definition) is 0. The molecule has 0 saturated carbocycles. The maximum atomic E-state index is 5.55. The Hall–Kier alpha value is -0.860. The van der Waals surface area contributed by atoms with Crippen molar-refractivity contribution < 1.29 is 4.74 Å². The first-order valence-electron chi connectivity index (χ1n) is 8.10. The predicted octanol–water partition coefficient (Wildman–Crippen LogP) is 3.72. The molecule has 0 unspecified atom stereocenters. The third-order valence-corrected chi connectivity index (χ3v) is 5.46. The van der Waals surface area contributed by atoms with Gasteiger partial charge in [0.15, 0.2) is 0 Å². The van der Waals surface area contributed by atoms with Gasteiger partial charge >= 0.3 is 0 Å². The van der Waals surface area contributed by atoms with E-state index >= 15 is 0 Å². The molecule has 3 rings (SSSR count). The van der Waals surface area contributed by atoms with E-state index in [1.54, 1.807) is 0 Å². The molecule has 0 bridgehead atoms. The fourth-order valence-electron chi connectivity index (χ4n) is 3.88. The highest BCUT2D eigenvalue weighted by molar-refractivity contribution is 5.14. The van der Waals surface area contributed by atoms with E-state index in [1.165, 1.54) is 44.3 Å². The standard InChI is InChI=1S/C18H27NO/c1-18(9-13-20-14-10-18)17-7-11-19(12-8-17)15-16-5-3-2-4-6-16/h2-6,17H,7-15H2,1H3. The summed E-state index contributed by atoms with van der Waals surface area (Å²) in [6.07, 6.45) is 5.25. The van der Waals surface area contributed by atoms with Gasteiger partial charge in [-0.2, -0.15) is 0 Å². The summed E-state index contributed by atoms with van der Waals surface area (Å²) in [6.45, 7) is 8.08. The van der Waals surface area contributed by atoms with Gasteiger partial charge in [-0.3, -0.25) is 4.90 Å². The van der Waals surface area contributed by atoms with Gasteiger partial charge in [-0.25, -0.2) is 0 Å². The predicted molar refractivity (Wildman–Crippen MR) is 82.6 cm³/mol. The van der Waals surface area contributed by atoms with E-state index < -0.39 is 0 Å². The lowest BCUT2D eigenvalue weighted by Gasteiger charge is -2.44. The summed E-state index contributed by atoms with van der Waals surface area (Å²) >= 11 is 0. The molecule has 110 valence electrons. The van der Waals surface area contributed by atoms with Crippen molar-refractivity contribution in [1.82, 2.24) is 4.90 Å². The minimum absolute atomic E-state index is 0.539. The summed E-state index contributed by atoms with van der Waals surface area (Å²) in [5.74, 6) is 0.901. The van der Waals surface area contributed by atoms with Crippen LogP contribution in [0.15, 0.2) is 30.3 Å². The lowest BCUT2D eigenvalue weighted by molar-refractivity contribution is -0.0260. The van der Waals surface area contributed by atoms with Crippen LogP contribution in [0.2, 0.25) is 0 Å². The highest BCUT2D eigenvalue weighted by Crippen LogP contribution is 2.42. The summed E-state index contributed by atoms with van der Waals surface area (Å²) in [4.78, 5) is 2.62. The lowest BCUT2D eigenvalue weighted by Crippen LogP contribution is -2.42. The van der Waals surface area contributed by atoms with Crippen LogP contribution in [0.4, 0.5) is 0 Å².